The Morgan fingerprint density at radius 3 is 2.74 bits per heavy atom. The molecule has 1 aliphatic rings. The Labute approximate surface area is 159 Å². The molecule has 1 aliphatic heterocycles. The van der Waals surface area contributed by atoms with E-state index in [1.807, 2.05) is 39.8 Å². The molecule has 1 saturated heterocycles. The number of carbonyl (C=O) groups excluding carboxylic acids is 2. The zero-order valence-corrected chi connectivity index (χ0v) is 16.3. The van der Waals surface area contributed by atoms with Crippen LogP contribution < -0.4 is 5.32 Å². The van der Waals surface area contributed by atoms with Gasteiger partial charge in [-0.3, -0.25) is 9.59 Å². The minimum atomic E-state index is -0.337. The highest BCUT2D eigenvalue weighted by Crippen LogP contribution is 2.27. The lowest BCUT2D eigenvalue weighted by Crippen LogP contribution is -2.45. The topological polar surface area (TPSA) is 88.3 Å². The number of nitrogens with zero attached hydrogens (tertiary/aromatic N) is 3. The number of amides is 2. The van der Waals surface area contributed by atoms with Crippen molar-refractivity contribution in [3.63, 3.8) is 0 Å². The maximum Gasteiger partial charge on any atom is 0.230 e. The lowest BCUT2D eigenvalue weighted by Gasteiger charge is -2.33. The molecule has 0 spiro atoms. The minimum Gasteiger partial charge on any atom is -0.361 e. The molecule has 3 heterocycles. The van der Waals surface area contributed by atoms with Crippen LogP contribution >= 0.6 is 0 Å². The molecule has 0 saturated carbocycles. The quantitative estimate of drug-likeness (QED) is 0.894. The fourth-order valence-corrected chi connectivity index (χ4v) is 3.74. The number of aryl methyl sites for hydroxylation is 3. The van der Waals surface area contributed by atoms with Gasteiger partial charge in [-0.2, -0.15) is 0 Å². The molecule has 2 aromatic heterocycles. The first-order valence-electron chi connectivity index (χ1n) is 9.33. The summed E-state index contributed by atoms with van der Waals surface area (Å²) in [5.41, 5.74) is 2.43. The molecule has 1 N–H and O–H groups in total. The van der Waals surface area contributed by atoms with Crippen LogP contribution in [-0.4, -0.2) is 39.9 Å². The molecule has 7 heteroatoms. The van der Waals surface area contributed by atoms with E-state index < -0.39 is 0 Å². The van der Waals surface area contributed by atoms with E-state index in [-0.39, 0.29) is 23.7 Å². The van der Waals surface area contributed by atoms with Gasteiger partial charge in [0.1, 0.15) is 11.6 Å². The van der Waals surface area contributed by atoms with Crippen LogP contribution in [0.3, 0.4) is 0 Å². The van der Waals surface area contributed by atoms with E-state index in [1.54, 1.807) is 11.0 Å². The van der Waals surface area contributed by atoms with Gasteiger partial charge in [0, 0.05) is 24.3 Å². The van der Waals surface area contributed by atoms with E-state index in [9.17, 15) is 9.59 Å². The fourth-order valence-electron chi connectivity index (χ4n) is 3.74. The van der Waals surface area contributed by atoms with Gasteiger partial charge in [0.05, 0.1) is 17.5 Å². The Balaban J connectivity index is 1.66. The van der Waals surface area contributed by atoms with Crippen molar-refractivity contribution in [3.8, 4) is 0 Å². The summed E-state index contributed by atoms with van der Waals surface area (Å²) in [7, 11) is 0. The third-order valence-corrected chi connectivity index (χ3v) is 5.14. The Morgan fingerprint density at radius 2 is 2.07 bits per heavy atom. The Hall–Kier alpha value is -2.70. The summed E-state index contributed by atoms with van der Waals surface area (Å²) in [6.45, 7) is 8.50. The van der Waals surface area contributed by atoms with E-state index in [1.165, 1.54) is 0 Å². The van der Waals surface area contributed by atoms with Crippen LogP contribution in [0, 0.1) is 26.7 Å². The first-order chi connectivity index (χ1) is 12.9. The van der Waals surface area contributed by atoms with Gasteiger partial charge in [0.25, 0.3) is 0 Å². The number of piperidine rings is 1. The molecule has 144 valence electrons. The van der Waals surface area contributed by atoms with Crippen molar-refractivity contribution in [2.24, 2.45) is 5.92 Å². The number of hydrogen-bond donors (Lipinski definition) is 1. The van der Waals surface area contributed by atoms with Crippen molar-refractivity contribution in [2.75, 3.05) is 18.4 Å². The minimum absolute atomic E-state index is 0.00980. The number of aromatic nitrogens is 2. The molecule has 27 heavy (non-hydrogen) atoms. The number of carbonyl (C=O) groups is 2. The van der Waals surface area contributed by atoms with E-state index in [0.29, 0.717) is 24.7 Å². The van der Waals surface area contributed by atoms with Crippen LogP contribution in [0.2, 0.25) is 0 Å². The number of pyridine rings is 1. The van der Waals surface area contributed by atoms with Crippen LogP contribution in [-0.2, 0) is 9.59 Å². The van der Waals surface area contributed by atoms with Crippen molar-refractivity contribution in [3.05, 3.63) is 40.9 Å². The zero-order chi connectivity index (χ0) is 19.6. The number of nitrogens with one attached hydrogen (secondary N) is 1. The zero-order valence-electron chi connectivity index (χ0n) is 16.3. The van der Waals surface area contributed by atoms with Crippen LogP contribution in [0.4, 0.5) is 5.82 Å². The van der Waals surface area contributed by atoms with Gasteiger partial charge in [-0.05, 0) is 52.7 Å². The van der Waals surface area contributed by atoms with Crippen molar-refractivity contribution in [2.45, 2.75) is 46.5 Å². The number of rotatable bonds is 4. The molecule has 2 unspecified atom stereocenters. The maximum absolute atomic E-state index is 13.0. The summed E-state index contributed by atoms with van der Waals surface area (Å²) in [4.78, 5) is 31.7. The standard InChI is InChI=1S/C20H26N4O3/c1-12-7-5-9-17(21-12)22-19(25)16-8-6-10-24(11-16)20(26)13(2)18-14(3)23-27-15(18)4/h5,7,9,13,16H,6,8,10-11H2,1-4H3,(H,21,22,25). The molecule has 0 radical (unpaired) electrons. The van der Waals surface area contributed by atoms with Gasteiger partial charge in [0.15, 0.2) is 0 Å². The van der Waals surface area contributed by atoms with Gasteiger partial charge < -0.3 is 14.7 Å². The molecule has 1 fully saturated rings. The average Bonchev–Trinajstić information content (AvgIpc) is 2.99. The molecule has 2 aromatic rings. The first-order valence-corrected chi connectivity index (χ1v) is 9.33. The largest absolute Gasteiger partial charge is 0.361 e. The average molecular weight is 370 g/mol. The summed E-state index contributed by atoms with van der Waals surface area (Å²) in [5.74, 6) is 0.572. The van der Waals surface area contributed by atoms with Crippen LogP contribution in [0.15, 0.2) is 22.7 Å². The summed E-state index contributed by atoms with van der Waals surface area (Å²) in [6.07, 6.45) is 1.57. The summed E-state index contributed by atoms with van der Waals surface area (Å²) >= 11 is 0. The molecule has 2 atom stereocenters. The SMILES string of the molecule is Cc1cccc(NC(=O)C2CCCN(C(=O)C(C)c3c(C)noc3C)C2)n1. The molecular weight excluding hydrogens is 344 g/mol. The molecular formula is C20H26N4O3. The van der Waals surface area contributed by atoms with E-state index in [0.717, 1.165) is 29.8 Å². The highest BCUT2D eigenvalue weighted by Gasteiger charge is 2.32. The predicted molar refractivity (Wildman–Crippen MR) is 101 cm³/mol. The lowest BCUT2D eigenvalue weighted by atomic mass is 9.93. The molecule has 2 amide bonds. The fraction of sp³-hybridized carbons (Fsp3) is 0.500. The van der Waals surface area contributed by atoms with Gasteiger partial charge in [-0.15, -0.1) is 0 Å². The second-order valence-electron chi connectivity index (χ2n) is 7.24. The number of anilines is 1. The number of likely N-dealkylation sites (tertiary alicyclic amines) is 1. The monoisotopic (exact) mass is 370 g/mol. The second-order valence-corrected chi connectivity index (χ2v) is 7.24. The Morgan fingerprint density at radius 1 is 1.30 bits per heavy atom. The van der Waals surface area contributed by atoms with E-state index in [4.69, 9.17) is 4.52 Å². The Bertz CT molecular complexity index is 826. The highest BCUT2D eigenvalue weighted by molar-refractivity contribution is 5.92. The molecule has 3 rings (SSSR count). The third kappa shape index (κ3) is 4.18. The molecule has 0 aliphatic carbocycles. The first kappa shape index (κ1) is 19.1. The van der Waals surface area contributed by atoms with E-state index >= 15 is 0 Å². The smallest absolute Gasteiger partial charge is 0.230 e. The van der Waals surface area contributed by atoms with Crippen molar-refractivity contribution in [1.29, 1.82) is 0 Å². The molecule has 0 bridgehead atoms. The van der Waals surface area contributed by atoms with Crippen molar-refractivity contribution in [1.82, 2.24) is 15.0 Å². The lowest BCUT2D eigenvalue weighted by molar-refractivity contribution is -0.135. The van der Waals surface area contributed by atoms with E-state index in [2.05, 4.69) is 15.5 Å². The summed E-state index contributed by atoms with van der Waals surface area (Å²) in [5, 5.41) is 6.82. The number of hydrogen-bond acceptors (Lipinski definition) is 5. The maximum atomic E-state index is 13.0. The normalized spacial score (nSPS) is 18.2. The van der Waals surface area contributed by atoms with Gasteiger partial charge in [0.2, 0.25) is 11.8 Å². The molecule has 7 nitrogen and oxygen atoms in total. The van der Waals surface area contributed by atoms with Crippen molar-refractivity contribution >= 4 is 17.6 Å². The second kappa shape index (κ2) is 7.90. The highest BCUT2D eigenvalue weighted by atomic mass is 16.5. The van der Waals surface area contributed by atoms with Gasteiger partial charge >= 0.3 is 0 Å². The van der Waals surface area contributed by atoms with Gasteiger partial charge in [-0.25, -0.2) is 4.98 Å². The molecule has 0 aromatic carbocycles. The van der Waals surface area contributed by atoms with Gasteiger partial charge in [-0.1, -0.05) is 11.2 Å². The van der Waals surface area contributed by atoms with Crippen LogP contribution in [0.5, 0.6) is 0 Å². The van der Waals surface area contributed by atoms with Crippen molar-refractivity contribution < 1.29 is 14.1 Å². The predicted octanol–water partition coefficient (Wildman–Crippen LogP) is 2.98. The van der Waals surface area contributed by atoms with Crippen LogP contribution in [0.25, 0.3) is 0 Å². The summed E-state index contributed by atoms with van der Waals surface area (Å²) in [6, 6.07) is 5.52. The van der Waals surface area contributed by atoms with Crippen LogP contribution in [0.1, 0.15) is 48.4 Å². The third-order valence-electron chi connectivity index (χ3n) is 5.14. The Kier molecular flexibility index (Phi) is 5.58. The summed E-state index contributed by atoms with van der Waals surface area (Å²) < 4.78 is 5.20.